The van der Waals surface area contributed by atoms with Crippen molar-refractivity contribution in [2.75, 3.05) is 4.90 Å². The Bertz CT molecular complexity index is 1080. The summed E-state index contributed by atoms with van der Waals surface area (Å²) in [6.07, 6.45) is 0. The average Bonchev–Trinajstić information content (AvgIpc) is 2.98. The van der Waals surface area contributed by atoms with Gasteiger partial charge in [-0.05, 0) is 59.4 Å². The lowest BCUT2D eigenvalue weighted by Gasteiger charge is -2.45. The number of aryl methyl sites for hydroxylation is 2. The van der Waals surface area contributed by atoms with E-state index in [-0.39, 0.29) is 35.5 Å². The molecule has 7 rings (SSSR count). The van der Waals surface area contributed by atoms with Crippen LogP contribution in [-0.4, -0.2) is 11.8 Å². The molecule has 2 atom stereocenters. The van der Waals surface area contributed by atoms with Crippen LogP contribution in [0.4, 0.5) is 5.69 Å². The van der Waals surface area contributed by atoms with E-state index >= 15 is 0 Å². The predicted molar refractivity (Wildman–Crippen MR) is 112 cm³/mol. The maximum atomic E-state index is 13.7. The number of hydrogen-bond donors (Lipinski definition) is 0. The van der Waals surface area contributed by atoms with Crippen molar-refractivity contribution in [2.45, 2.75) is 25.7 Å². The molecule has 2 amide bonds. The highest BCUT2D eigenvalue weighted by Gasteiger charge is 2.61. The lowest BCUT2D eigenvalue weighted by Crippen LogP contribution is -2.41. The number of carbonyl (C=O) groups is 2. The third-order valence-corrected chi connectivity index (χ3v) is 6.91. The molecule has 0 spiro atoms. The average molecular weight is 379 g/mol. The minimum atomic E-state index is -0.321. The highest BCUT2D eigenvalue weighted by Crippen LogP contribution is 2.61. The molecule has 3 aliphatic carbocycles. The first-order valence-electron chi connectivity index (χ1n) is 10.2. The summed E-state index contributed by atoms with van der Waals surface area (Å²) in [5.74, 6) is -0.848. The van der Waals surface area contributed by atoms with E-state index in [0.717, 1.165) is 11.1 Å². The molecule has 1 aliphatic heterocycles. The number of hydrogen-bond acceptors (Lipinski definition) is 2. The van der Waals surface area contributed by atoms with Crippen molar-refractivity contribution in [3.63, 3.8) is 0 Å². The summed E-state index contributed by atoms with van der Waals surface area (Å²) in [5, 5.41) is 0. The van der Waals surface area contributed by atoms with Crippen LogP contribution in [0.25, 0.3) is 0 Å². The minimum absolute atomic E-state index is 0.0512. The van der Waals surface area contributed by atoms with Gasteiger partial charge in [0.25, 0.3) is 0 Å². The Balaban J connectivity index is 1.57. The van der Waals surface area contributed by atoms with E-state index in [1.54, 1.807) is 0 Å². The Kier molecular flexibility index (Phi) is 3.27. The maximum absolute atomic E-state index is 13.7. The zero-order valence-corrected chi connectivity index (χ0v) is 16.4. The SMILES string of the molecule is Cc1cc(C)cc(N2C(=O)[C@@H]3C4c5ccccc5C(c5ccccc54)[C@H]3C2=O)c1. The second kappa shape index (κ2) is 5.66. The molecule has 0 aromatic heterocycles. The molecule has 3 aromatic carbocycles. The molecule has 0 N–H and O–H groups in total. The summed E-state index contributed by atoms with van der Waals surface area (Å²) in [5.41, 5.74) is 7.66. The summed E-state index contributed by atoms with van der Waals surface area (Å²) in [7, 11) is 0. The lowest BCUT2D eigenvalue weighted by molar-refractivity contribution is -0.122. The first-order chi connectivity index (χ1) is 14.1. The normalized spacial score (nSPS) is 26.3. The number of anilines is 1. The fraction of sp³-hybridized carbons (Fsp3) is 0.231. The van der Waals surface area contributed by atoms with E-state index in [1.165, 1.54) is 27.2 Å². The van der Waals surface area contributed by atoms with E-state index in [2.05, 4.69) is 30.3 Å². The molecule has 0 saturated carbocycles. The summed E-state index contributed by atoms with van der Waals surface area (Å²) in [4.78, 5) is 28.8. The van der Waals surface area contributed by atoms with Gasteiger partial charge in [-0.25, -0.2) is 4.90 Å². The quantitative estimate of drug-likeness (QED) is 0.575. The van der Waals surface area contributed by atoms with Gasteiger partial charge in [0, 0.05) is 11.8 Å². The van der Waals surface area contributed by atoms with E-state index in [1.807, 2.05) is 50.2 Å². The second-order valence-electron chi connectivity index (χ2n) is 8.62. The summed E-state index contributed by atoms with van der Waals surface area (Å²) < 4.78 is 0. The molecule has 29 heavy (non-hydrogen) atoms. The number of amides is 2. The smallest absolute Gasteiger partial charge is 0.238 e. The predicted octanol–water partition coefficient (Wildman–Crippen LogP) is 4.70. The van der Waals surface area contributed by atoms with Gasteiger partial charge in [-0.3, -0.25) is 9.59 Å². The van der Waals surface area contributed by atoms with Crippen LogP contribution >= 0.6 is 0 Å². The Morgan fingerprint density at radius 3 is 1.38 bits per heavy atom. The first kappa shape index (κ1) is 16.7. The molecule has 3 nitrogen and oxygen atoms in total. The summed E-state index contributed by atoms with van der Waals surface area (Å²) in [6, 6.07) is 22.7. The van der Waals surface area contributed by atoms with Crippen LogP contribution < -0.4 is 4.90 Å². The third kappa shape index (κ3) is 2.08. The van der Waals surface area contributed by atoms with Crippen LogP contribution in [0.2, 0.25) is 0 Å². The topological polar surface area (TPSA) is 37.4 Å². The zero-order valence-electron chi connectivity index (χ0n) is 16.4. The standard InChI is InChI=1S/C26H21NO2/c1-14-11-15(2)13-16(12-14)27-25(28)23-21-17-7-3-4-8-18(17)22(24(23)26(27)29)20-10-6-5-9-19(20)21/h3-13,21-24H,1-2H3/t21?,22?,23-,24-/m1/s1. The number of carbonyl (C=O) groups excluding carboxylic acids is 2. The van der Waals surface area contributed by atoms with Crippen molar-refractivity contribution in [1.29, 1.82) is 0 Å². The third-order valence-electron chi connectivity index (χ3n) is 6.91. The van der Waals surface area contributed by atoms with Crippen LogP contribution in [0.1, 0.15) is 45.2 Å². The van der Waals surface area contributed by atoms with Crippen LogP contribution in [0, 0.1) is 25.7 Å². The molecule has 1 saturated heterocycles. The van der Waals surface area contributed by atoms with Crippen molar-refractivity contribution in [2.24, 2.45) is 11.8 Å². The van der Waals surface area contributed by atoms with Gasteiger partial charge in [0.05, 0.1) is 17.5 Å². The summed E-state index contributed by atoms with van der Waals surface area (Å²) >= 11 is 0. The fourth-order valence-electron chi connectivity index (χ4n) is 6.01. The van der Waals surface area contributed by atoms with Crippen LogP contribution in [-0.2, 0) is 9.59 Å². The molecule has 0 radical (unpaired) electrons. The Labute approximate surface area is 170 Å². The molecule has 3 heteroatoms. The monoisotopic (exact) mass is 379 g/mol. The largest absolute Gasteiger partial charge is 0.274 e. The zero-order chi connectivity index (χ0) is 19.9. The van der Waals surface area contributed by atoms with E-state index in [4.69, 9.17) is 0 Å². The molecular weight excluding hydrogens is 358 g/mol. The van der Waals surface area contributed by atoms with Gasteiger partial charge >= 0.3 is 0 Å². The lowest BCUT2D eigenvalue weighted by atomic mass is 9.55. The number of nitrogens with zero attached hydrogens (tertiary/aromatic N) is 1. The van der Waals surface area contributed by atoms with Gasteiger partial charge in [-0.2, -0.15) is 0 Å². The molecule has 1 fully saturated rings. The molecule has 0 unspecified atom stereocenters. The number of imide groups is 1. The fourth-order valence-corrected chi connectivity index (χ4v) is 6.01. The van der Waals surface area contributed by atoms with Crippen molar-refractivity contribution in [3.8, 4) is 0 Å². The van der Waals surface area contributed by atoms with Gasteiger partial charge < -0.3 is 0 Å². The van der Waals surface area contributed by atoms with Crippen molar-refractivity contribution in [1.82, 2.24) is 0 Å². The molecule has 1 heterocycles. The second-order valence-corrected chi connectivity index (χ2v) is 8.62. The molecule has 4 aliphatic rings. The maximum Gasteiger partial charge on any atom is 0.238 e. The van der Waals surface area contributed by atoms with Crippen molar-refractivity contribution in [3.05, 3.63) is 100 Å². The Morgan fingerprint density at radius 1 is 0.621 bits per heavy atom. The van der Waals surface area contributed by atoms with Crippen molar-refractivity contribution >= 4 is 17.5 Å². The van der Waals surface area contributed by atoms with Gasteiger partial charge in [-0.15, -0.1) is 0 Å². The number of benzene rings is 3. The van der Waals surface area contributed by atoms with Crippen LogP contribution in [0.5, 0.6) is 0 Å². The van der Waals surface area contributed by atoms with Gasteiger partial charge in [0.1, 0.15) is 0 Å². The van der Waals surface area contributed by atoms with E-state index in [9.17, 15) is 9.59 Å². The number of rotatable bonds is 1. The Morgan fingerprint density at radius 2 is 1.00 bits per heavy atom. The minimum Gasteiger partial charge on any atom is -0.274 e. The van der Waals surface area contributed by atoms with Gasteiger partial charge in [0.15, 0.2) is 0 Å². The van der Waals surface area contributed by atoms with Crippen LogP contribution in [0.15, 0.2) is 66.7 Å². The molecule has 142 valence electrons. The highest BCUT2D eigenvalue weighted by atomic mass is 16.2. The molecule has 2 bridgehead atoms. The van der Waals surface area contributed by atoms with Gasteiger partial charge in [0.2, 0.25) is 11.8 Å². The van der Waals surface area contributed by atoms with E-state index in [0.29, 0.717) is 5.69 Å². The highest BCUT2D eigenvalue weighted by molar-refractivity contribution is 6.23. The van der Waals surface area contributed by atoms with E-state index < -0.39 is 0 Å². The van der Waals surface area contributed by atoms with Crippen LogP contribution in [0.3, 0.4) is 0 Å². The van der Waals surface area contributed by atoms with Gasteiger partial charge in [-0.1, -0.05) is 54.6 Å². The first-order valence-corrected chi connectivity index (χ1v) is 10.2. The summed E-state index contributed by atoms with van der Waals surface area (Å²) in [6.45, 7) is 4.01. The molecule has 3 aromatic rings. The molecular formula is C26H21NO2. The van der Waals surface area contributed by atoms with Crippen molar-refractivity contribution < 1.29 is 9.59 Å². The Hall–Kier alpha value is -3.20.